The van der Waals surface area contributed by atoms with Crippen LogP contribution in [0, 0.1) is 0 Å². The molecular weight excluding hydrogens is 423 g/mol. The lowest BCUT2D eigenvalue weighted by Crippen LogP contribution is -2.49. The molecule has 0 spiro atoms. The van der Waals surface area contributed by atoms with E-state index in [1.165, 1.54) is 0 Å². The standard InChI is InChI=1S/C22H28N4O2.2ClH/c1-3-22(23,4-2)16-24-21(27)14-26-19-13-9-8-12-18(19)25-20(26)15-28-17-10-6-5-7-11-17;;/h5-13H,3-4,14-16,23H2,1-2H3,(H,24,27);2*1H. The molecule has 1 amide bonds. The molecule has 1 heterocycles. The zero-order chi connectivity index (χ0) is 20.0. The Bertz CT molecular complexity index is 927. The van der Waals surface area contributed by atoms with Crippen molar-refractivity contribution in [3.8, 4) is 5.75 Å². The lowest BCUT2D eigenvalue weighted by atomic mass is 9.94. The van der Waals surface area contributed by atoms with Crippen LogP contribution in [0.4, 0.5) is 0 Å². The van der Waals surface area contributed by atoms with Crippen molar-refractivity contribution in [1.29, 1.82) is 0 Å². The number of fused-ring (bicyclic) bond motifs is 1. The average molecular weight is 453 g/mol. The van der Waals surface area contributed by atoms with Gasteiger partial charge in [0.1, 0.15) is 24.7 Å². The zero-order valence-corrected chi connectivity index (χ0v) is 19.0. The maximum Gasteiger partial charge on any atom is 0.240 e. The van der Waals surface area contributed by atoms with E-state index in [1.54, 1.807) is 0 Å². The van der Waals surface area contributed by atoms with E-state index in [9.17, 15) is 4.79 Å². The Morgan fingerprint density at radius 2 is 1.70 bits per heavy atom. The summed E-state index contributed by atoms with van der Waals surface area (Å²) in [6.07, 6.45) is 1.63. The normalized spacial score (nSPS) is 10.8. The molecule has 3 aromatic rings. The minimum Gasteiger partial charge on any atom is -0.486 e. The number of benzene rings is 2. The molecule has 0 bridgehead atoms. The Balaban J connectivity index is 0.00000225. The second-order valence-electron chi connectivity index (χ2n) is 7.05. The molecule has 6 nitrogen and oxygen atoms in total. The van der Waals surface area contributed by atoms with Gasteiger partial charge in [-0.3, -0.25) is 4.79 Å². The van der Waals surface area contributed by atoms with E-state index in [0.717, 1.165) is 29.6 Å². The fraction of sp³-hybridized carbons (Fsp3) is 0.364. The highest BCUT2D eigenvalue weighted by molar-refractivity contribution is 5.85. The summed E-state index contributed by atoms with van der Waals surface area (Å²) in [6, 6.07) is 17.4. The molecule has 2 aromatic carbocycles. The van der Waals surface area contributed by atoms with E-state index in [4.69, 9.17) is 10.5 Å². The van der Waals surface area contributed by atoms with Gasteiger partial charge in [0, 0.05) is 12.1 Å². The monoisotopic (exact) mass is 452 g/mol. The number of carbonyl (C=O) groups is 1. The van der Waals surface area contributed by atoms with Crippen molar-refractivity contribution in [3.63, 3.8) is 0 Å². The first-order valence-electron chi connectivity index (χ1n) is 9.72. The van der Waals surface area contributed by atoms with Gasteiger partial charge in [-0.15, -0.1) is 24.8 Å². The molecule has 0 atom stereocenters. The number of nitrogens with two attached hydrogens (primary N) is 1. The maximum atomic E-state index is 12.6. The second kappa shape index (κ2) is 11.8. The summed E-state index contributed by atoms with van der Waals surface area (Å²) in [4.78, 5) is 17.3. The maximum absolute atomic E-state index is 12.6. The van der Waals surface area contributed by atoms with Crippen LogP contribution in [0.5, 0.6) is 5.75 Å². The van der Waals surface area contributed by atoms with E-state index in [-0.39, 0.29) is 49.4 Å². The highest BCUT2D eigenvalue weighted by atomic mass is 35.5. The number of hydrogen-bond acceptors (Lipinski definition) is 4. The molecule has 8 heteroatoms. The molecule has 3 N–H and O–H groups in total. The van der Waals surface area contributed by atoms with Crippen LogP contribution >= 0.6 is 24.8 Å². The van der Waals surface area contributed by atoms with Crippen molar-refractivity contribution >= 4 is 41.8 Å². The van der Waals surface area contributed by atoms with Crippen molar-refractivity contribution < 1.29 is 9.53 Å². The Hall–Kier alpha value is -2.28. The van der Waals surface area contributed by atoms with Crippen LogP contribution in [0.25, 0.3) is 11.0 Å². The third-order valence-corrected chi connectivity index (χ3v) is 5.19. The van der Waals surface area contributed by atoms with Crippen LogP contribution in [-0.4, -0.2) is 27.5 Å². The van der Waals surface area contributed by atoms with Gasteiger partial charge in [0.25, 0.3) is 0 Å². The fourth-order valence-electron chi connectivity index (χ4n) is 3.05. The fourth-order valence-corrected chi connectivity index (χ4v) is 3.05. The molecule has 0 saturated heterocycles. The van der Waals surface area contributed by atoms with Crippen molar-refractivity contribution in [2.45, 2.75) is 45.4 Å². The van der Waals surface area contributed by atoms with Gasteiger partial charge in [-0.25, -0.2) is 4.98 Å². The molecule has 0 aliphatic heterocycles. The van der Waals surface area contributed by atoms with E-state index < -0.39 is 0 Å². The van der Waals surface area contributed by atoms with E-state index in [0.29, 0.717) is 12.4 Å². The molecule has 164 valence electrons. The first kappa shape index (κ1) is 25.8. The smallest absolute Gasteiger partial charge is 0.240 e. The quantitative estimate of drug-likeness (QED) is 0.511. The Labute approximate surface area is 190 Å². The van der Waals surface area contributed by atoms with E-state index in [1.807, 2.05) is 73.0 Å². The number of rotatable bonds is 9. The molecule has 30 heavy (non-hydrogen) atoms. The summed E-state index contributed by atoms with van der Waals surface area (Å²) < 4.78 is 7.76. The van der Waals surface area contributed by atoms with Gasteiger partial charge >= 0.3 is 0 Å². The number of nitrogens with one attached hydrogen (secondary N) is 1. The zero-order valence-electron chi connectivity index (χ0n) is 17.3. The van der Waals surface area contributed by atoms with Gasteiger partial charge in [-0.1, -0.05) is 44.2 Å². The highest BCUT2D eigenvalue weighted by Crippen LogP contribution is 2.18. The number of para-hydroxylation sites is 3. The van der Waals surface area contributed by atoms with Gasteiger partial charge in [-0.2, -0.15) is 0 Å². The van der Waals surface area contributed by atoms with Crippen molar-refractivity contribution in [3.05, 3.63) is 60.4 Å². The highest BCUT2D eigenvalue weighted by Gasteiger charge is 2.21. The molecule has 3 rings (SSSR count). The predicted octanol–water partition coefficient (Wildman–Crippen LogP) is 4.09. The number of amides is 1. The number of carbonyl (C=O) groups excluding carboxylic acids is 1. The van der Waals surface area contributed by atoms with Crippen LogP contribution in [0.3, 0.4) is 0 Å². The molecule has 0 saturated carbocycles. The van der Waals surface area contributed by atoms with Gasteiger partial charge in [-0.05, 0) is 37.1 Å². The predicted molar refractivity (Wildman–Crippen MR) is 126 cm³/mol. The second-order valence-corrected chi connectivity index (χ2v) is 7.05. The lowest BCUT2D eigenvalue weighted by Gasteiger charge is -2.26. The van der Waals surface area contributed by atoms with Crippen LogP contribution in [0.2, 0.25) is 0 Å². The third-order valence-electron chi connectivity index (χ3n) is 5.19. The van der Waals surface area contributed by atoms with Crippen LogP contribution in [-0.2, 0) is 17.9 Å². The average Bonchev–Trinajstić information content (AvgIpc) is 3.08. The number of halogens is 2. The summed E-state index contributed by atoms with van der Waals surface area (Å²) >= 11 is 0. The van der Waals surface area contributed by atoms with Crippen molar-refractivity contribution in [1.82, 2.24) is 14.9 Å². The van der Waals surface area contributed by atoms with E-state index in [2.05, 4.69) is 10.3 Å². The van der Waals surface area contributed by atoms with Crippen LogP contribution in [0.15, 0.2) is 54.6 Å². The summed E-state index contributed by atoms with van der Waals surface area (Å²) in [5.41, 5.74) is 7.68. The van der Waals surface area contributed by atoms with Gasteiger partial charge in [0.05, 0.1) is 11.0 Å². The molecule has 0 aliphatic rings. The van der Waals surface area contributed by atoms with Crippen molar-refractivity contribution in [2.24, 2.45) is 5.73 Å². The minimum atomic E-state index is -0.369. The number of ether oxygens (including phenoxy) is 1. The Morgan fingerprint density at radius 3 is 2.37 bits per heavy atom. The molecule has 0 fully saturated rings. The first-order chi connectivity index (χ1) is 13.5. The molecule has 0 aliphatic carbocycles. The summed E-state index contributed by atoms with van der Waals surface area (Å²) in [5.74, 6) is 1.40. The number of aromatic nitrogens is 2. The molecular formula is C22H30Cl2N4O2. The Morgan fingerprint density at radius 1 is 1.07 bits per heavy atom. The number of hydrogen-bond donors (Lipinski definition) is 2. The number of nitrogens with zero attached hydrogens (tertiary/aromatic N) is 2. The molecule has 1 aromatic heterocycles. The van der Waals surface area contributed by atoms with Crippen LogP contribution < -0.4 is 15.8 Å². The van der Waals surface area contributed by atoms with Gasteiger partial charge < -0.3 is 20.4 Å². The third kappa shape index (κ3) is 6.36. The minimum absolute atomic E-state index is 0. The summed E-state index contributed by atoms with van der Waals surface area (Å²) in [5, 5.41) is 2.98. The lowest BCUT2D eigenvalue weighted by molar-refractivity contribution is -0.121. The van der Waals surface area contributed by atoms with E-state index >= 15 is 0 Å². The molecule has 0 radical (unpaired) electrons. The number of imidazole rings is 1. The summed E-state index contributed by atoms with van der Waals surface area (Å²) in [7, 11) is 0. The van der Waals surface area contributed by atoms with Crippen LogP contribution in [0.1, 0.15) is 32.5 Å². The largest absolute Gasteiger partial charge is 0.486 e. The molecule has 0 unspecified atom stereocenters. The van der Waals surface area contributed by atoms with Crippen molar-refractivity contribution in [2.75, 3.05) is 6.54 Å². The topological polar surface area (TPSA) is 82.2 Å². The Kier molecular flexibility index (Phi) is 10.1. The van der Waals surface area contributed by atoms with Gasteiger partial charge in [0.2, 0.25) is 5.91 Å². The first-order valence-corrected chi connectivity index (χ1v) is 9.72. The van der Waals surface area contributed by atoms with Gasteiger partial charge in [0.15, 0.2) is 0 Å². The summed E-state index contributed by atoms with van der Waals surface area (Å²) in [6.45, 7) is 5.01. The SMILES string of the molecule is CCC(N)(CC)CNC(=O)Cn1c(COc2ccccc2)nc2ccccc21.Cl.Cl.